The molecular formula is C28H27N3O6. The van der Waals surface area contributed by atoms with Crippen LogP contribution >= 0.6 is 0 Å². The van der Waals surface area contributed by atoms with Crippen molar-refractivity contribution in [2.75, 3.05) is 6.54 Å². The zero-order valence-electron chi connectivity index (χ0n) is 21.2. The quantitative estimate of drug-likeness (QED) is 0.276. The normalized spacial score (nSPS) is 19.9. The number of allylic oxidation sites excluding steroid dienone is 4. The highest BCUT2D eigenvalue weighted by Crippen LogP contribution is 2.57. The average molecular weight is 502 g/mol. The molecular weight excluding hydrogens is 474 g/mol. The summed E-state index contributed by atoms with van der Waals surface area (Å²) in [5.74, 6) is -1.59. The molecule has 0 fully saturated rings. The number of Topliss-reactive ketones (excluding diaryl/α,β-unsaturated/α-hetero) is 2. The number of benzene rings is 2. The van der Waals surface area contributed by atoms with Crippen LogP contribution in [0.3, 0.4) is 0 Å². The third-order valence-electron chi connectivity index (χ3n) is 7.38. The molecule has 0 spiro atoms. The second kappa shape index (κ2) is 8.33. The topological polar surface area (TPSA) is 131 Å². The van der Waals surface area contributed by atoms with E-state index in [0.29, 0.717) is 18.7 Å². The number of para-hydroxylation sites is 2. The first-order valence-electron chi connectivity index (χ1n) is 11.9. The maximum atomic E-state index is 13.9. The van der Waals surface area contributed by atoms with Crippen molar-refractivity contribution in [2.24, 2.45) is 7.05 Å². The first-order chi connectivity index (χ1) is 17.5. The highest BCUT2D eigenvalue weighted by atomic mass is 16.5. The molecule has 1 aliphatic heterocycles. The predicted octanol–water partition coefficient (Wildman–Crippen LogP) is 3.29. The molecule has 3 N–H and O–H groups in total. The van der Waals surface area contributed by atoms with E-state index in [1.807, 2.05) is 35.9 Å². The molecule has 1 aromatic heterocycles. The molecule has 0 bridgehead atoms. The number of nitrogens with one attached hydrogen (secondary N) is 1. The van der Waals surface area contributed by atoms with E-state index in [2.05, 4.69) is 10.3 Å². The number of nitrogens with zero attached hydrogens (tertiary/aromatic N) is 2. The van der Waals surface area contributed by atoms with Crippen molar-refractivity contribution < 1.29 is 29.3 Å². The molecule has 5 rings (SSSR count). The number of imidazole rings is 1. The average Bonchev–Trinajstić information content (AvgIpc) is 3.32. The van der Waals surface area contributed by atoms with Crippen LogP contribution in [0.4, 0.5) is 0 Å². The van der Waals surface area contributed by atoms with Crippen molar-refractivity contribution >= 4 is 28.4 Å². The van der Waals surface area contributed by atoms with Gasteiger partial charge in [0, 0.05) is 37.3 Å². The lowest BCUT2D eigenvalue weighted by molar-refractivity contribution is -0.123. The molecule has 190 valence electrons. The lowest BCUT2D eigenvalue weighted by Crippen LogP contribution is -2.41. The fourth-order valence-electron chi connectivity index (χ4n) is 5.23. The number of ketones is 3. The second-order valence-corrected chi connectivity index (χ2v) is 9.64. The van der Waals surface area contributed by atoms with Crippen molar-refractivity contribution in [3.8, 4) is 17.2 Å². The molecule has 9 heteroatoms. The Morgan fingerprint density at radius 3 is 2.54 bits per heavy atom. The molecule has 37 heavy (non-hydrogen) atoms. The summed E-state index contributed by atoms with van der Waals surface area (Å²) < 4.78 is 7.80. The van der Waals surface area contributed by atoms with E-state index in [1.54, 1.807) is 13.8 Å². The molecule has 2 heterocycles. The van der Waals surface area contributed by atoms with E-state index in [9.17, 15) is 24.6 Å². The van der Waals surface area contributed by atoms with Crippen LogP contribution in [0, 0.1) is 6.92 Å². The molecule has 0 amide bonds. The zero-order valence-corrected chi connectivity index (χ0v) is 21.2. The van der Waals surface area contributed by atoms with Gasteiger partial charge in [-0.3, -0.25) is 14.4 Å². The fraction of sp³-hybridized carbons (Fsp3) is 0.286. The van der Waals surface area contributed by atoms with Crippen LogP contribution < -0.4 is 10.1 Å². The fourth-order valence-corrected chi connectivity index (χ4v) is 5.23. The Morgan fingerprint density at radius 1 is 1.16 bits per heavy atom. The first-order valence-corrected chi connectivity index (χ1v) is 11.9. The number of ether oxygens (including phenoxy) is 1. The van der Waals surface area contributed by atoms with Crippen molar-refractivity contribution in [2.45, 2.75) is 39.5 Å². The van der Waals surface area contributed by atoms with E-state index in [0.717, 1.165) is 16.9 Å². The summed E-state index contributed by atoms with van der Waals surface area (Å²) in [6, 6.07) is 7.82. The maximum absolute atomic E-state index is 13.9. The molecule has 2 aliphatic rings. The molecule has 0 radical (unpaired) electrons. The third kappa shape index (κ3) is 3.37. The molecule has 1 atom stereocenters. The minimum absolute atomic E-state index is 0.0107. The Morgan fingerprint density at radius 2 is 1.86 bits per heavy atom. The minimum atomic E-state index is -1.54. The number of fused-ring (bicyclic) bond motifs is 4. The Kier molecular flexibility index (Phi) is 5.47. The standard InChI is InChI=1S/C28H27N3O6/c1-13-24(34)22(15(3)32)26-23(25(13)35)28(4)19(37-26)12-18(33)21(27(28)36)14(2)29-11-10-20-30-16-8-6-7-9-17(16)31(20)5/h6-9,12,29,34-35H,10-11H2,1-5H3/b21-14+/t28-/m0/s1. The third-order valence-corrected chi connectivity index (χ3v) is 7.38. The van der Waals surface area contributed by atoms with E-state index in [1.165, 1.54) is 19.9 Å². The number of carbonyl (C=O) groups excluding carboxylic acids is 3. The Hall–Kier alpha value is -4.40. The van der Waals surface area contributed by atoms with Crippen LogP contribution in [0.15, 0.2) is 47.4 Å². The highest BCUT2D eigenvalue weighted by Gasteiger charge is 2.56. The zero-order chi connectivity index (χ0) is 26.8. The van der Waals surface area contributed by atoms with Crippen LogP contribution in [0.2, 0.25) is 0 Å². The van der Waals surface area contributed by atoms with Crippen LogP contribution in [-0.2, 0) is 28.5 Å². The number of aromatic nitrogens is 2. The van der Waals surface area contributed by atoms with Gasteiger partial charge < -0.3 is 24.8 Å². The summed E-state index contributed by atoms with van der Waals surface area (Å²) in [7, 11) is 1.94. The van der Waals surface area contributed by atoms with E-state index in [-0.39, 0.29) is 39.5 Å². The number of phenolic OH excluding ortho intramolecular Hbond substituents is 2. The van der Waals surface area contributed by atoms with Gasteiger partial charge in [-0.25, -0.2) is 4.98 Å². The van der Waals surface area contributed by atoms with Crippen LogP contribution in [0.25, 0.3) is 11.0 Å². The number of hydrogen-bond donors (Lipinski definition) is 3. The number of carbonyl (C=O) groups is 3. The van der Waals surface area contributed by atoms with Crippen LogP contribution in [0.1, 0.15) is 48.1 Å². The summed E-state index contributed by atoms with van der Waals surface area (Å²) in [5.41, 5.74) is 0.703. The SMILES string of the molecule is CC(=O)c1c(O)c(C)c(O)c2c1OC1=CC(=O)/C(=C(/C)NCCc3nc4ccccc4n3C)C(=O)[C@@]12C. The second-order valence-electron chi connectivity index (χ2n) is 9.64. The van der Waals surface area contributed by atoms with Gasteiger partial charge in [0.05, 0.1) is 22.2 Å². The van der Waals surface area contributed by atoms with Crippen molar-refractivity contribution in [3.63, 3.8) is 0 Å². The Labute approximate surface area is 213 Å². The van der Waals surface area contributed by atoms with Crippen molar-refractivity contribution in [1.82, 2.24) is 14.9 Å². The number of aromatic hydroxyl groups is 2. The lowest BCUT2D eigenvalue weighted by atomic mass is 9.70. The van der Waals surface area contributed by atoms with Gasteiger partial charge in [0.2, 0.25) is 0 Å². The smallest absolute Gasteiger partial charge is 0.194 e. The molecule has 2 aromatic carbocycles. The molecule has 0 unspecified atom stereocenters. The first kappa shape index (κ1) is 24.3. The van der Waals surface area contributed by atoms with Gasteiger partial charge >= 0.3 is 0 Å². The monoisotopic (exact) mass is 501 g/mol. The molecule has 3 aromatic rings. The Bertz CT molecular complexity index is 1610. The van der Waals surface area contributed by atoms with Crippen LogP contribution in [-0.4, -0.2) is 43.7 Å². The molecule has 0 saturated carbocycles. The number of rotatable bonds is 5. The van der Waals surface area contributed by atoms with Gasteiger partial charge in [-0.1, -0.05) is 12.1 Å². The number of aryl methyl sites for hydroxylation is 1. The summed E-state index contributed by atoms with van der Waals surface area (Å²) >= 11 is 0. The molecule has 9 nitrogen and oxygen atoms in total. The van der Waals surface area contributed by atoms with E-state index < -0.39 is 28.5 Å². The summed E-state index contributed by atoms with van der Waals surface area (Å²) in [4.78, 5) is 43.9. The molecule has 1 aliphatic carbocycles. The van der Waals surface area contributed by atoms with E-state index in [4.69, 9.17) is 4.74 Å². The largest absolute Gasteiger partial charge is 0.507 e. The van der Waals surface area contributed by atoms with Gasteiger partial charge in [-0.05, 0) is 39.8 Å². The Balaban J connectivity index is 1.50. The van der Waals surface area contributed by atoms with Gasteiger partial charge in [0.1, 0.15) is 39.8 Å². The van der Waals surface area contributed by atoms with Gasteiger partial charge in [-0.2, -0.15) is 0 Å². The lowest BCUT2D eigenvalue weighted by Gasteiger charge is -2.29. The summed E-state index contributed by atoms with van der Waals surface area (Å²) in [6.07, 6.45) is 1.77. The maximum Gasteiger partial charge on any atom is 0.194 e. The summed E-state index contributed by atoms with van der Waals surface area (Å²) in [5, 5.41) is 24.6. The van der Waals surface area contributed by atoms with Gasteiger partial charge in [0.25, 0.3) is 0 Å². The van der Waals surface area contributed by atoms with Gasteiger partial charge in [0.15, 0.2) is 17.3 Å². The van der Waals surface area contributed by atoms with E-state index >= 15 is 0 Å². The van der Waals surface area contributed by atoms with Gasteiger partial charge in [-0.15, -0.1) is 0 Å². The van der Waals surface area contributed by atoms with Crippen molar-refractivity contribution in [1.29, 1.82) is 0 Å². The van der Waals surface area contributed by atoms with Crippen molar-refractivity contribution in [3.05, 3.63) is 69.9 Å². The predicted molar refractivity (Wildman–Crippen MR) is 136 cm³/mol. The summed E-state index contributed by atoms with van der Waals surface area (Å²) in [6.45, 7) is 6.34. The minimum Gasteiger partial charge on any atom is -0.507 e. The number of phenols is 2. The number of hydrogen-bond acceptors (Lipinski definition) is 8. The molecule has 0 saturated heterocycles. The van der Waals surface area contributed by atoms with Crippen LogP contribution in [0.5, 0.6) is 17.2 Å². The highest BCUT2D eigenvalue weighted by molar-refractivity contribution is 6.31.